The normalized spacial score (nSPS) is 34.8. The van der Waals surface area contributed by atoms with Crippen LogP contribution in [0.25, 0.3) is 0 Å². The molecular weight excluding hydrogens is 208 g/mol. The SMILES string of the molecule is CCC1(CC)CCN(C2CCNC(C)C2)CC1. The quantitative estimate of drug-likeness (QED) is 0.813. The van der Waals surface area contributed by atoms with Gasteiger partial charge in [-0.15, -0.1) is 0 Å². The smallest absolute Gasteiger partial charge is 0.0122 e. The molecule has 2 heterocycles. The lowest BCUT2D eigenvalue weighted by atomic mass is 9.73. The van der Waals surface area contributed by atoms with E-state index in [0.29, 0.717) is 5.41 Å². The second-order valence-corrected chi connectivity index (χ2v) is 6.28. The third-order valence-electron chi connectivity index (χ3n) is 5.47. The maximum Gasteiger partial charge on any atom is 0.0122 e. The standard InChI is InChI=1S/C15H30N2/c1-4-15(5-2)7-10-17(11-8-15)14-6-9-16-13(3)12-14/h13-14,16H,4-12H2,1-3H3. The van der Waals surface area contributed by atoms with Crippen molar-refractivity contribution in [3.05, 3.63) is 0 Å². The van der Waals surface area contributed by atoms with Gasteiger partial charge in [0.15, 0.2) is 0 Å². The molecule has 0 saturated carbocycles. The van der Waals surface area contributed by atoms with Gasteiger partial charge in [0.1, 0.15) is 0 Å². The highest BCUT2D eigenvalue weighted by molar-refractivity contribution is 4.89. The Morgan fingerprint density at radius 3 is 2.35 bits per heavy atom. The van der Waals surface area contributed by atoms with E-state index in [1.165, 1.54) is 58.2 Å². The monoisotopic (exact) mass is 238 g/mol. The van der Waals surface area contributed by atoms with Gasteiger partial charge in [0.25, 0.3) is 0 Å². The van der Waals surface area contributed by atoms with Crippen LogP contribution in [0.1, 0.15) is 59.3 Å². The average molecular weight is 238 g/mol. The van der Waals surface area contributed by atoms with Gasteiger partial charge in [-0.05, 0) is 57.7 Å². The Morgan fingerprint density at radius 1 is 1.18 bits per heavy atom. The van der Waals surface area contributed by atoms with Crippen LogP contribution in [0.5, 0.6) is 0 Å². The van der Waals surface area contributed by atoms with Gasteiger partial charge >= 0.3 is 0 Å². The third kappa shape index (κ3) is 3.03. The van der Waals surface area contributed by atoms with Crippen LogP contribution in [0, 0.1) is 5.41 Å². The zero-order chi connectivity index (χ0) is 12.3. The molecule has 2 rings (SSSR count). The fourth-order valence-electron chi connectivity index (χ4n) is 3.76. The average Bonchev–Trinajstić information content (AvgIpc) is 2.39. The Balaban J connectivity index is 1.86. The maximum atomic E-state index is 3.56. The predicted octanol–water partition coefficient (Wildman–Crippen LogP) is 3.03. The first-order valence-corrected chi connectivity index (χ1v) is 7.66. The fourth-order valence-corrected chi connectivity index (χ4v) is 3.76. The second kappa shape index (κ2) is 5.71. The van der Waals surface area contributed by atoms with Crippen molar-refractivity contribution in [2.24, 2.45) is 5.41 Å². The molecule has 0 bridgehead atoms. The topological polar surface area (TPSA) is 15.3 Å². The van der Waals surface area contributed by atoms with Crippen molar-refractivity contribution < 1.29 is 0 Å². The molecule has 2 atom stereocenters. The van der Waals surface area contributed by atoms with Crippen LogP contribution in [0.2, 0.25) is 0 Å². The molecule has 2 unspecified atom stereocenters. The Hall–Kier alpha value is -0.0800. The summed E-state index contributed by atoms with van der Waals surface area (Å²) in [6.07, 6.45) is 8.32. The zero-order valence-electron chi connectivity index (χ0n) is 12.0. The molecule has 2 nitrogen and oxygen atoms in total. The van der Waals surface area contributed by atoms with Crippen LogP contribution in [-0.4, -0.2) is 36.6 Å². The van der Waals surface area contributed by atoms with E-state index in [9.17, 15) is 0 Å². The number of hydrogen-bond acceptors (Lipinski definition) is 2. The number of piperidine rings is 2. The summed E-state index contributed by atoms with van der Waals surface area (Å²) in [6.45, 7) is 11.0. The minimum atomic E-state index is 0.676. The first-order chi connectivity index (χ1) is 8.19. The number of likely N-dealkylation sites (tertiary alicyclic amines) is 1. The van der Waals surface area contributed by atoms with E-state index in [2.05, 4.69) is 31.0 Å². The Labute approximate surface area is 107 Å². The Morgan fingerprint density at radius 2 is 1.82 bits per heavy atom. The third-order valence-corrected chi connectivity index (χ3v) is 5.47. The maximum absolute atomic E-state index is 3.56. The summed E-state index contributed by atoms with van der Waals surface area (Å²) in [5.41, 5.74) is 0.676. The van der Waals surface area contributed by atoms with Crippen molar-refractivity contribution in [2.45, 2.75) is 71.4 Å². The first kappa shape index (κ1) is 13.4. The van der Waals surface area contributed by atoms with E-state index >= 15 is 0 Å². The molecule has 0 radical (unpaired) electrons. The minimum absolute atomic E-state index is 0.676. The predicted molar refractivity (Wildman–Crippen MR) is 74.3 cm³/mol. The van der Waals surface area contributed by atoms with E-state index in [0.717, 1.165) is 12.1 Å². The van der Waals surface area contributed by atoms with Gasteiger partial charge in [0.2, 0.25) is 0 Å². The van der Waals surface area contributed by atoms with Crippen molar-refractivity contribution in [3.63, 3.8) is 0 Å². The van der Waals surface area contributed by atoms with Crippen molar-refractivity contribution in [3.8, 4) is 0 Å². The summed E-state index contributed by atoms with van der Waals surface area (Å²) in [7, 11) is 0. The van der Waals surface area contributed by atoms with Crippen molar-refractivity contribution >= 4 is 0 Å². The molecule has 2 saturated heterocycles. The molecule has 0 aliphatic carbocycles. The van der Waals surface area contributed by atoms with Gasteiger partial charge < -0.3 is 10.2 Å². The largest absolute Gasteiger partial charge is 0.314 e. The number of hydrogen-bond donors (Lipinski definition) is 1. The summed E-state index contributed by atoms with van der Waals surface area (Å²) in [5, 5.41) is 3.56. The van der Waals surface area contributed by atoms with Crippen molar-refractivity contribution in [2.75, 3.05) is 19.6 Å². The molecule has 0 aromatic heterocycles. The minimum Gasteiger partial charge on any atom is -0.314 e. The lowest BCUT2D eigenvalue weighted by Gasteiger charge is -2.45. The summed E-state index contributed by atoms with van der Waals surface area (Å²) in [5.74, 6) is 0. The molecule has 0 aromatic rings. The van der Waals surface area contributed by atoms with Gasteiger partial charge in [-0.25, -0.2) is 0 Å². The van der Waals surface area contributed by atoms with Gasteiger partial charge in [-0.1, -0.05) is 26.7 Å². The molecule has 2 heteroatoms. The van der Waals surface area contributed by atoms with Crippen LogP contribution < -0.4 is 5.32 Å². The Bertz CT molecular complexity index is 225. The van der Waals surface area contributed by atoms with Crippen LogP contribution in [-0.2, 0) is 0 Å². The summed E-state index contributed by atoms with van der Waals surface area (Å²) < 4.78 is 0. The molecule has 2 aliphatic rings. The van der Waals surface area contributed by atoms with E-state index in [1.54, 1.807) is 0 Å². The van der Waals surface area contributed by atoms with Crippen molar-refractivity contribution in [1.82, 2.24) is 10.2 Å². The van der Waals surface area contributed by atoms with Crippen molar-refractivity contribution in [1.29, 1.82) is 0 Å². The molecule has 2 aliphatic heterocycles. The van der Waals surface area contributed by atoms with Crippen LogP contribution in [0.4, 0.5) is 0 Å². The first-order valence-electron chi connectivity index (χ1n) is 7.66. The highest BCUT2D eigenvalue weighted by Gasteiger charge is 2.34. The molecule has 0 amide bonds. The number of rotatable bonds is 3. The highest BCUT2D eigenvalue weighted by Crippen LogP contribution is 2.39. The zero-order valence-corrected chi connectivity index (χ0v) is 12.0. The summed E-state index contributed by atoms with van der Waals surface area (Å²) >= 11 is 0. The van der Waals surface area contributed by atoms with E-state index in [1.807, 2.05) is 0 Å². The molecule has 1 N–H and O–H groups in total. The summed E-state index contributed by atoms with van der Waals surface area (Å²) in [6, 6.07) is 1.58. The van der Waals surface area contributed by atoms with Crippen LogP contribution in [0.3, 0.4) is 0 Å². The fraction of sp³-hybridized carbons (Fsp3) is 1.00. The van der Waals surface area contributed by atoms with Gasteiger partial charge in [0.05, 0.1) is 0 Å². The van der Waals surface area contributed by atoms with Gasteiger partial charge in [-0.3, -0.25) is 0 Å². The molecule has 100 valence electrons. The van der Waals surface area contributed by atoms with Gasteiger partial charge in [-0.2, -0.15) is 0 Å². The lowest BCUT2D eigenvalue weighted by molar-refractivity contribution is 0.0505. The number of nitrogens with zero attached hydrogens (tertiary/aromatic N) is 1. The van der Waals surface area contributed by atoms with E-state index < -0.39 is 0 Å². The lowest BCUT2D eigenvalue weighted by Crippen LogP contribution is -2.50. The number of nitrogens with one attached hydrogen (secondary N) is 1. The second-order valence-electron chi connectivity index (χ2n) is 6.28. The molecule has 0 aromatic carbocycles. The van der Waals surface area contributed by atoms with E-state index in [-0.39, 0.29) is 0 Å². The molecular formula is C15H30N2. The van der Waals surface area contributed by atoms with Gasteiger partial charge in [0, 0.05) is 12.1 Å². The van der Waals surface area contributed by atoms with Crippen LogP contribution >= 0.6 is 0 Å². The molecule has 0 spiro atoms. The summed E-state index contributed by atoms with van der Waals surface area (Å²) in [4.78, 5) is 2.78. The molecule has 17 heavy (non-hydrogen) atoms. The molecule has 2 fully saturated rings. The van der Waals surface area contributed by atoms with E-state index in [4.69, 9.17) is 0 Å². The van der Waals surface area contributed by atoms with Crippen LogP contribution in [0.15, 0.2) is 0 Å². The highest BCUT2D eigenvalue weighted by atomic mass is 15.2. The Kier molecular flexibility index (Phi) is 4.48.